The van der Waals surface area contributed by atoms with Crippen molar-refractivity contribution in [2.24, 2.45) is 0 Å². The minimum absolute atomic E-state index is 0.121. The SMILES string of the molecule is CCn1cc(COc2ccccc2O)nc1N. The summed E-state index contributed by atoms with van der Waals surface area (Å²) in [5, 5.41) is 9.52. The Hall–Kier alpha value is -2.17. The Balaban J connectivity index is 2.05. The van der Waals surface area contributed by atoms with Crippen molar-refractivity contribution in [2.75, 3.05) is 5.73 Å². The molecule has 5 heteroatoms. The first-order valence-corrected chi connectivity index (χ1v) is 5.43. The molecule has 2 rings (SSSR count). The summed E-state index contributed by atoms with van der Waals surface area (Å²) < 4.78 is 7.29. The van der Waals surface area contributed by atoms with Gasteiger partial charge in [-0.05, 0) is 19.1 Å². The number of phenolic OH excluding ortho intramolecular Hbond substituents is 1. The van der Waals surface area contributed by atoms with E-state index in [9.17, 15) is 5.11 Å². The number of anilines is 1. The second-order valence-corrected chi connectivity index (χ2v) is 3.63. The van der Waals surface area contributed by atoms with Gasteiger partial charge in [-0.3, -0.25) is 0 Å². The average molecular weight is 233 g/mol. The van der Waals surface area contributed by atoms with Gasteiger partial charge in [0.25, 0.3) is 0 Å². The fourth-order valence-corrected chi connectivity index (χ4v) is 1.54. The van der Waals surface area contributed by atoms with Crippen molar-refractivity contribution in [3.8, 4) is 11.5 Å². The number of aryl methyl sites for hydroxylation is 1. The fourth-order valence-electron chi connectivity index (χ4n) is 1.54. The van der Waals surface area contributed by atoms with Crippen LogP contribution in [-0.4, -0.2) is 14.7 Å². The molecule has 1 aromatic carbocycles. The first-order chi connectivity index (χ1) is 8.20. The summed E-state index contributed by atoms with van der Waals surface area (Å²) in [7, 11) is 0. The van der Waals surface area contributed by atoms with E-state index < -0.39 is 0 Å². The number of para-hydroxylation sites is 2. The Morgan fingerprint density at radius 1 is 1.41 bits per heavy atom. The average Bonchev–Trinajstić information content (AvgIpc) is 2.69. The van der Waals surface area contributed by atoms with Crippen molar-refractivity contribution in [2.45, 2.75) is 20.1 Å². The second kappa shape index (κ2) is 4.78. The zero-order valence-corrected chi connectivity index (χ0v) is 9.63. The van der Waals surface area contributed by atoms with E-state index in [2.05, 4.69) is 4.98 Å². The normalized spacial score (nSPS) is 10.4. The number of nitrogens with two attached hydrogens (primary N) is 1. The molecule has 3 N–H and O–H groups in total. The highest BCUT2D eigenvalue weighted by molar-refractivity contribution is 5.38. The van der Waals surface area contributed by atoms with E-state index in [-0.39, 0.29) is 12.4 Å². The van der Waals surface area contributed by atoms with Crippen LogP contribution in [0.1, 0.15) is 12.6 Å². The molecule has 0 spiro atoms. The molecule has 0 amide bonds. The third-order valence-electron chi connectivity index (χ3n) is 2.44. The highest BCUT2D eigenvalue weighted by Gasteiger charge is 2.05. The van der Waals surface area contributed by atoms with Crippen LogP contribution in [0, 0.1) is 0 Å². The van der Waals surface area contributed by atoms with Crippen LogP contribution in [0.15, 0.2) is 30.5 Å². The minimum atomic E-state index is 0.121. The molecule has 0 fully saturated rings. The lowest BCUT2D eigenvalue weighted by molar-refractivity contribution is 0.285. The van der Waals surface area contributed by atoms with Gasteiger partial charge in [-0.2, -0.15) is 0 Å². The maximum absolute atomic E-state index is 9.52. The second-order valence-electron chi connectivity index (χ2n) is 3.63. The van der Waals surface area contributed by atoms with Gasteiger partial charge in [-0.1, -0.05) is 12.1 Å². The van der Waals surface area contributed by atoms with Gasteiger partial charge in [0.2, 0.25) is 0 Å². The standard InChI is InChI=1S/C12H15N3O2/c1-2-15-7-9(14-12(15)13)8-17-11-6-4-3-5-10(11)16/h3-7,16H,2,8H2,1H3,(H2,13,14). The highest BCUT2D eigenvalue weighted by Crippen LogP contribution is 2.25. The lowest BCUT2D eigenvalue weighted by Crippen LogP contribution is -1.98. The third kappa shape index (κ3) is 2.50. The molecule has 0 saturated carbocycles. The molecule has 0 aliphatic rings. The van der Waals surface area contributed by atoms with Crippen molar-refractivity contribution in [3.63, 3.8) is 0 Å². The number of imidazole rings is 1. The predicted molar refractivity (Wildman–Crippen MR) is 64.8 cm³/mol. The first kappa shape index (κ1) is 11.3. The van der Waals surface area contributed by atoms with Crippen LogP contribution in [0.3, 0.4) is 0 Å². The van der Waals surface area contributed by atoms with Gasteiger partial charge in [-0.25, -0.2) is 4.98 Å². The molecular weight excluding hydrogens is 218 g/mol. The Labute approximate surface area is 99.5 Å². The maximum atomic E-state index is 9.52. The summed E-state index contributed by atoms with van der Waals surface area (Å²) in [6.45, 7) is 3.05. The number of hydrogen-bond donors (Lipinski definition) is 2. The van der Waals surface area contributed by atoms with Gasteiger partial charge in [0.1, 0.15) is 6.61 Å². The number of phenols is 1. The highest BCUT2D eigenvalue weighted by atomic mass is 16.5. The van der Waals surface area contributed by atoms with E-state index in [0.29, 0.717) is 11.7 Å². The molecular formula is C12H15N3O2. The number of nitrogen functional groups attached to an aromatic ring is 1. The van der Waals surface area contributed by atoms with Crippen molar-refractivity contribution >= 4 is 5.95 Å². The first-order valence-electron chi connectivity index (χ1n) is 5.43. The zero-order chi connectivity index (χ0) is 12.3. The molecule has 5 nitrogen and oxygen atoms in total. The molecule has 2 aromatic rings. The summed E-state index contributed by atoms with van der Waals surface area (Å²) in [5.74, 6) is 1.04. The van der Waals surface area contributed by atoms with Crippen LogP contribution in [0.5, 0.6) is 11.5 Å². The molecule has 0 saturated heterocycles. The van der Waals surface area contributed by atoms with Gasteiger partial charge in [-0.15, -0.1) is 0 Å². The van der Waals surface area contributed by atoms with E-state index in [0.717, 1.165) is 12.2 Å². The van der Waals surface area contributed by atoms with Crippen molar-refractivity contribution in [3.05, 3.63) is 36.2 Å². The molecule has 17 heavy (non-hydrogen) atoms. The summed E-state index contributed by atoms with van der Waals surface area (Å²) in [6, 6.07) is 6.82. The minimum Gasteiger partial charge on any atom is -0.504 e. The maximum Gasteiger partial charge on any atom is 0.200 e. The van der Waals surface area contributed by atoms with Gasteiger partial charge in [0, 0.05) is 12.7 Å². The summed E-state index contributed by atoms with van der Waals surface area (Å²) in [6.07, 6.45) is 1.84. The number of nitrogens with zero attached hydrogens (tertiary/aromatic N) is 2. The Bertz CT molecular complexity index is 508. The lowest BCUT2D eigenvalue weighted by atomic mass is 10.3. The molecule has 0 aliphatic heterocycles. The van der Waals surface area contributed by atoms with E-state index in [1.54, 1.807) is 24.3 Å². The summed E-state index contributed by atoms with van der Waals surface area (Å²) in [5.41, 5.74) is 6.44. The topological polar surface area (TPSA) is 73.3 Å². The zero-order valence-electron chi connectivity index (χ0n) is 9.63. The van der Waals surface area contributed by atoms with E-state index in [4.69, 9.17) is 10.5 Å². The third-order valence-corrected chi connectivity index (χ3v) is 2.44. The number of hydrogen-bond acceptors (Lipinski definition) is 4. The number of rotatable bonds is 4. The Kier molecular flexibility index (Phi) is 3.18. The monoisotopic (exact) mass is 233 g/mol. The molecule has 90 valence electrons. The van der Waals surface area contributed by atoms with Crippen LogP contribution in [0.25, 0.3) is 0 Å². The van der Waals surface area contributed by atoms with Crippen LogP contribution in [0.2, 0.25) is 0 Å². The summed E-state index contributed by atoms with van der Waals surface area (Å²) in [4.78, 5) is 4.16. The molecule has 0 bridgehead atoms. The molecule has 0 aliphatic carbocycles. The molecule has 0 unspecified atom stereocenters. The molecule has 1 heterocycles. The van der Waals surface area contributed by atoms with Gasteiger partial charge in [0.05, 0.1) is 5.69 Å². The predicted octanol–water partition coefficient (Wildman–Crippen LogP) is 1.77. The van der Waals surface area contributed by atoms with Gasteiger partial charge >= 0.3 is 0 Å². The van der Waals surface area contributed by atoms with Crippen LogP contribution in [0.4, 0.5) is 5.95 Å². The number of benzene rings is 1. The van der Waals surface area contributed by atoms with Crippen molar-refractivity contribution in [1.29, 1.82) is 0 Å². The lowest BCUT2D eigenvalue weighted by Gasteiger charge is -2.05. The number of aromatic nitrogens is 2. The summed E-state index contributed by atoms with van der Waals surface area (Å²) >= 11 is 0. The fraction of sp³-hybridized carbons (Fsp3) is 0.250. The molecule has 0 radical (unpaired) electrons. The van der Waals surface area contributed by atoms with Crippen LogP contribution in [-0.2, 0) is 13.2 Å². The van der Waals surface area contributed by atoms with E-state index in [1.807, 2.05) is 17.7 Å². The van der Waals surface area contributed by atoms with E-state index in [1.165, 1.54) is 0 Å². The number of aromatic hydroxyl groups is 1. The Morgan fingerprint density at radius 3 is 2.82 bits per heavy atom. The van der Waals surface area contributed by atoms with Crippen LogP contribution < -0.4 is 10.5 Å². The van der Waals surface area contributed by atoms with Gasteiger partial charge in [0.15, 0.2) is 17.4 Å². The molecule has 1 aromatic heterocycles. The van der Waals surface area contributed by atoms with E-state index >= 15 is 0 Å². The smallest absolute Gasteiger partial charge is 0.200 e. The molecule has 0 atom stereocenters. The van der Waals surface area contributed by atoms with Crippen molar-refractivity contribution < 1.29 is 9.84 Å². The quantitative estimate of drug-likeness (QED) is 0.844. The largest absolute Gasteiger partial charge is 0.504 e. The van der Waals surface area contributed by atoms with Crippen LogP contribution >= 0.6 is 0 Å². The van der Waals surface area contributed by atoms with Gasteiger partial charge < -0.3 is 20.1 Å². The Morgan fingerprint density at radius 2 is 2.18 bits per heavy atom. The number of ether oxygens (including phenoxy) is 1. The van der Waals surface area contributed by atoms with Crippen molar-refractivity contribution in [1.82, 2.24) is 9.55 Å².